The van der Waals surface area contributed by atoms with E-state index in [2.05, 4.69) is 72.0 Å². The van der Waals surface area contributed by atoms with Crippen molar-refractivity contribution in [1.29, 1.82) is 0 Å². The van der Waals surface area contributed by atoms with Crippen LogP contribution in [0.4, 0.5) is 0 Å². The van der Waals surface area contributed by atoms with Crippen LogP contribution < -0.4 is 0 Å². The number of aliphatic hydroxyl groups is 4. The summed E-state index contributed by atoms with van der Waals surface area (Å²) < 4.78 is 16.1. The molecule has 4 N–H and O–H groups in total. The first kappa shape index (κ1) is 32.4. The van der Waals surface area contributed by atoms with E-state index in [1.165, 1.54) is 0 Å². The first-order valence-corrected chi connectivity index (χ1v) is 12.8. The van der Waals surface area contributed by atoms with E-state index in [4.69, 9.17) is 49.2 Å². The van der Waals surface area contributed by atoms with Crippen molar-refractivity contribution in [2.75, 3.05) is 0 Å². The van der Waals surface area contributed by atoms with Crippen molar-refractivity contribution < 1.29 is 34.6 Å². The molecule has 0 aromatic carbocycles. The van der Waals surface area contributed by atoms with Crippen molar-refractivity contribution in [1.82, 2.24) is 0 Å². The number of ether oxygens (including phenoxy) is 3. The van der Waals surface area contributed by atoms with Gasteiger partial charge >= 0.3 is 0 Å². The van der Waals surface area contributed by atoms with Crippen LogP contribution in [0, 0.1) is 72.5 Å². The third-order valence-electron chi connectivity index (χ3n) is 8.37. The van der Waals surface area contributed by atoms with Gasteiger partial charge in [-0.05, 0) is 50.4 Å². The Bertz CT molecular complexity index is 751. The average Bonchev–Trinajstić information content (AvgIpc) is 3.13. The highest BCUT2D eigenvalue weighted by Crippen LogP contribution is 2.35. The van der Waals surface area contributed by atoms with Crippen molar-refractivity contribution in [2.45, 2.75) is 111 Å². The van der Waals surface area contributed by atoms with E-state index >= 15 is 0 Å². The molecule has 0 saturated carbocycles. The van der Waals surface area contributed by atoms with E-state index in [1.54, 1.807) is 0 Å². The van der Waals surface area contributed by atoms with Gasteiger partial charge < -0.3 is 34.6 Å². The van der Waals surface area contributed by atoms with Gasteiger partial charge in [-0.1, -0.05) is 46.5 Å². The van der Waals surface area contributed by atoms with Crippen LogP contribution in [0.1, 0.15) is 55.4 Å². The van der Waals surface area contributed by atoms with Gasteiger partial charge in [0.15, 0.2) is 6.29 Å². The number of terminal acetylenes is 3. The van der Waals surface area contributed by atoms with E-state index in [9.17, 15) is 0 Å². The molecular formula is C29H46O7. The van der Waals surface area contributed by atoms with E-state index in [-0.39, 0.29) is 18.1 Å². The quantitative estimate of drug-likeness (QED) is 0.403. The molecule has 36 heavy (non-hydrogen) atoms. The minimum Gasteiger partial charge on any atom is -0.387 e. The monoisotopic (exact) mass is 506 g/mol. The summed E-state index contributed by atoms with van der Waals surface area (Å²) in [6.45, 7) is 17.4. The summed E-state index contributed by atoms with van der Waals surface area (Å²) in [4.78, 5) is 0. The van der Waals surface area contributed by atoms with Gasteiger partial charge in [0.05, 0.1) is 18.3 Å². The van der Waals surface area contributed by atoms with Gasteiger partial charge in [0.2, 0.25) is 0 Å². The Morgan fingerprint density at radius 3 is 1.53 bits per heavy atom. The maximum Gasteiger partial charge on any atom is 0.185 e. The maximum absolute atomic E-state index is 9.14. The lowest BCUT2D eigenvalue weighted by Gasteiger charge is -2.40. The molecule has 0 aliphatic carbocycles. The first-order valence-electron chi connectivity index (χ1n) is 12.8. The lowest BCUT2D eigenvalue weighted by Crippen LogP contribution is -2.56. The first-order chi connectivity index (χ1) is 16.7. The number of rotatable bonds is 1. The second kappa shape index (κ2) is 14.4. The Hall–Kier alpha value is -1.60. The topological polar surface area (TPSA) is 109 Å². The second-order valence-electron chi connectivity index (χ2n) is 10.6. The summed E-state index contributed by atoms with van der Waals surface area (Å²) in [5.74, 6) is 10.7. The summed E-state index contributed by atoms with van der Waals surface area (Å²) in [6, 6.07) is 0. The lowest BCUT2D eigenvalue weighted by atomic mass is 9.77. The molecule has 204 valence electrons. The van der Waals surface area contributed by atoms with Crippen molar-refractivity contribution >= 4 is 0 Å². The zero-order valence-electron chi connectivity index (χ0n) is 22.9. The Kier molecular flexibility index (Phi) is 12.9. The third-order valence-corrected chi connectivity index (χ3v) is 8.37. The summed E-state index contributed by atoms with van der Waals surface area (Å²) in [7, 11) is 0. The predicted molar refractivity (Wildman–Crippen MR) is 139 cm³/mol. The van der Waals surface area contributed by atoms with Gasteiger partial charge in [-0.2, -0.15) is 0 Å². The molecule has 0 spiro atoms. The normalized spacial score (nSPS) is 46.9. The van der Waals surface area contributed by atoms with E-state index < -0.39 is 30.7 Å². The molecule has 0 aromatic rings. The van der Waals surface area contributed by atoms with Gasteiger partial charge in [-0.3, -0.25) is 0 Å². The molecule has 7 nitrogen and oxygen atoms in total. The summed E-state index contributed by atoms with van der Waals surface area (Å²) in [5, 5.41) is 36.1. The summed E-state index contributed by atoms with van der Waals surface area (Å²) >= 11 is 0. The van der Waals surface area contributed by atoms with Crippen LogP contribution in [-0.2, 0) is 14.2 Å². The average molecular weight is 507 g/mol. The Labute approximate surface area is 217 Å². The van der Waals surface area contributed by atoms with Gasteiger partial charge in [0.25, 0.3) is 0 Å². The summed E-state index contributed by atoms with van der Waals surface area (Å²) in [5.41, 5.74) is 0. The minimum absolute atomic E-state index is 0.0196. The molecule has 3 saturated heterocycles. The standard InChI is InChI=1S/2C11H18O.C7H10O5/c1-6-11-9(4)7(2)8(3)10(5)12-11;1-6-7(2)11-9(4)8(3)10(5)12-11;1-2-3-4(8)5(9)6(10)7(11)12-3/h2*1,7-11H,2-5H3;1,3-11H/t7-,8-,9-,10?,11-;7-,8-,9-,10?,11?;3-,4+,5+,6-,7?/m000/s1. The molecule has 3 heterocycles. The fraction of sp³-hybridized carbons (Fsp3) is 0.793. The molecule has 3 aliphatic rings. The number of aliphatic hydroxyl groups excluding tert-OH is 4. The third kappa shape index (κ3) is 7.70. The molecule has 7 heteroatoms. The van der Waals surface area contributed by atoms with Crippen molar-refractivity contribution in [2.24, 2.45) is 35.5 Å². The zero-order chi connectivity index (χ0) is 27.9. The van der Waals surface area contributed by atoms with Gasteiger partial charge in [-0.25, -0.2) is 0 Å². The summed E-state index contributed by atoms with van der Waals surface area (Å²) in [6.07, 6.45) is 9.63. The molecule has 0 amide bonds. The largest absolute Gasteiger partial charge is 0.387 e. The van der Waals surface area contributed by atoms with Gasteiger partial charge in [0.1, 0.15) is 30.5 Å². The molecule has 4 unspecified atom stereocenters. The zero-order valence-corrected chi connectivity index (χ0v) is 22.9. The molecule has 3 rings (SSSR count). The van der Waals surface area contributed by atoms with Crippen LogP contribution in [0.2, 0.25) is 0 Å². The highest BCUT2D eigenvalue weighted by Gasteiger charge is 2.42. The molecule has 0 bridgehead atoms. The Balaban J connectivity index is 0.000000270. The van der Waals surface area contributed by atoms with Crippen LogP contribution in [0.5, 0.6) is 0 Å². The van der Waals surface area contributed by atoms with Crippen LogP contribution in [0.25, 0.3) is 0 Å². The van der Waals surface area contributed by atoms with Crippen LogP contribution >= 0.6 is 0 Å². The molecule has 0 aromatic heterocycles. The fourth-order valence-electron chi connectivity index (χ4n) is 4.74. The van der Waals surface area contributed by atoms with Gasteiger partial charge in [-0.15, -0.1) is 25.2 Å². The van der Waals surface area contributed by atoms with Crippen LogP contribution in [-0.4, -0.2) is 75.5 Å². The Morgan fingerprint density at radius 2 is 1.08 bits per heavy atom. The van der Waals surface area contributed by atoms with E-state index in [0.717, 1.165) is 0 Å². The van der Waals surface area contributed by atoms with Crippen molar-refractivity contribution in [3.05, 3.63) is 0 Å². The number of hydrogen-bond donors (Lipinski definition) is 4. The molecule has 15 atom stereocenters. The molecule has 3 fully saturated rings. The van der Waals surface area contributed by atoms with Gasteiger partial charge in [0, 0.05) is 5.92 Å². The highest BCUT2D eigenvalue weighted by atomic mass is 16.6. The smallest absolute Gasteiger partial charge is 0.185 e. The molecule has 0 radical (unpaired) electrons. The minimum atomic E-state index is -1.55. The van der Waals surface area contributed by atoms with E-state index in [1.807, 2.05) is 5.92 Å². The predicted octanol–water partition coefficient (Wildman–Crippen LogP) is 2.05. The van der Waals surface area contributed by atoms with Crippen molar-refractivity contribution in [3.63, 3.8) is 0 Å². The highest BCUT2D eigenvalue weighted by molar-refractivity contribution is 5.05. The lowest BCUT2D eigenvalue weighted by molar-refractivity contribution is -0.269. The second-order valence-corrected chi connectivity index (χ2v) is 10.6. The Morgan fingerprint density at radius 1 is 0.583 bits per heavy atom. The molecule has 3 aliphatic heterocycles. The SMILES string of the molecule is C#C[C@@H]1OC(C)[C@@H](C)[C@H](C)[C@@H]1C.C#C[C@@H]1OC(O)[C@@H](O)[C@H](O)[C@@H]1O.C#C[C@H](C)C1OC(C)[C@@H](C)[C@@H]1C. The van der Waals surface area contributed by atoms with Crippen LogP contribution in [0.3, 0.4) is 0 Å². The number of hydrogen-bond acceptors (Lipinski definition) is 7. The fourth-order valence-corrected chi connectivity index (χ4v) is 4.74. The van der Waals surface area contributed by atoms with E-state index in [0.29, 0.717) is 41.8 Å². The van der Waals surface area contributed by atoms with Crippen LogP contribution in [0.15, 0.2) is 0 Å². The molecular weight excluding hydrogens is 460 g/mol. The van der Waals surface area contributed by atoms with Crippen molar-refractivity contribution in [3.8, 4) is 37.0 Å². The maximum atomic E-state index is 9.14.